The van der Waals surface area contributed by atoms with Gasteiger partial charge in [-0.05, 0) is 42.3 Å². The number of anilines is 1. The van der Waals surface area contributed by atoms with Crippen molar-refractivity contribution in [2.75, 3.05) is 11.9 Å². The number of carbonyl (C=O) groups excluding carboxylic acids is 2. The fourth-order valence-electron chi connectivity index (χ4n) is 2.46. The Hall–Kier alpha value is -2.94. The summed E-state index contributed by atoms with van der Waals surface area (Å²) in [5.74, 6) is -0.282. The van der Waals surface area contributed by atoms with Crippen molar-refractivity contribution < 1.29 is 27.5 Å². The number of hydrogen-bond donors (Lipinski definition) is 2. The molecule has 0 aliphatic rings. The Balaban J connectivity index is 1.94. The van der Waals surface area contributed by atoms with Gasteiger partial charge in [0.05, 0.1) is 12.6 Å². The first-order valence-corrected chi connectivity index (χ1v) is 9.36. The minimum absolute atomic E-state index is 0.157. The average Bonchev–Trinajstić information content (AvgIpc) is 2.67. The van der Waals surface area contributed by atoms with E-state index in [1.54, 1.807) is 51.2 Å². The second-order valence-corrected chi connectivity index (χ2v) is 7.12. The standard InChI is InChI=1S/C21H24F3N3O3/c1-13(2)19(28)27-18-10-17(8-9-25-18)14(3)26-20(29)16-6-4-15(5-7-16)11-30-12-21(22,23)24/h4-10,13-14H,11-12H2,1-3H3,(H,26,29)(H,25,27,28). The number of pyridine rings is 1. The number of benzene rings is 1. The molecule has 1 atom stereocenters. The molecular formula is C21H24F3N3O3. The van der Waals surface area contributed by atoms with Gasteiger partial charge in [-0.1, -0.05) is 26.0 Å². The van der Waals surface area contributed by atoms with Gasteiger partial charge in [0.2, 0.25) is 5.91 Å². The van der Waals surface area contributed by atoms with Crippen LogP contribution in [-0.4, -0.2) is 29.6 Å². The van der Waals surface area contributed by atoms with Crippen molar-refractivity contribution in [2.45, 2.75) is 39.6 Å². The van der Waals surface area contributed by atoms with E-state index in [0.29, 0.717) is 16.9 Å². The summed E-state index contributed by atoms with van der Waals surface area (Å²) in [6.07, 6.45) is -2.83. The first-order chi connectivity index (χ1) is 14.0. The van der Waals surface area contributed by atoms with E-state index in [-0.39, 0.29) is 30.4 Å². The third-order valence-electron chi connectivity index (χ3n) is 4.16. The summed E-state index contributed by atoms with van der Waals surface area (Å²) in [5, 5.41) is 5.55. The molecule has 2 N–H and O–H groups in total. The van der Waals surface area contributed by atoms with Gasteiger partial charge in [0, 0.05) is 17.7 Å². The van der Waals surface area contributed by atoms with Gasteiger partial charge in [-0.15, -0.1) is 0 Å². The van der Waals surface area contributed by atoms with E-state index in [9.17, 15) is 22.8 Å². The summed E-state index contributed by atoms with van der Waals surface area (Å²) < 4.78 is 40.9. The van der Waals surface area contributed by atoms with Gasteiger partial charge in [-0.2, -0.15) is 13.2 Å². The number of amides is 2. The zero-order chi connectivity index (χ0) is 22.3. The summed E-state index contributed by atoms with van der Waals surface area (Å²) >= 11 is 0. The second-order valence-electron chi connectivity index (χ2n) is 7.12. The Morgan fingerprint density at radius 2 is 1.77 bits per heavy atom. The largest absolute Gasteiger partial charge is 0.411 e. The predicted molar refractivity (Wildman–Crippen MR) is 106 cm³/mol. The van der Waals surface area contributed by atoms with Gasteiger partial charge in [-0.3, -0.25) is 9.59 Å². The van der Waals surface area contributed by atoms with Gasteiger partial charge in [0.15, 0.2) is 0 Å². The van der Waals surface area contributed by atoms with E-state index in [4.69, 9.17) is 0 Å². The van der Waals surface area contributed by atoms with E-state index < -0.39 is 12.8 Å². The van der Waals surface area contributed by atoms with Crippen LogP contribution >= 0.6 is 0 Å². The van der Waals surface area contributed by atoms with Crippen molar-refractivity contribution in [3.8, 4) is 0 Å². The van der Waals surface area contributed by atoms with Crippen molar-refractivity contribution in [2.24, 2.45) is 5.92 Å². The summed E-state index contributed by atoms with van der Waals surface area (Å²) in [7, 11) is 0. The quantitative estimate of drug-likeness (QED) is 0.665. The number of aromatic nitrogens is 1. The van der Waals surface area contributed by atoms with Crippen LogP contribution in [0.2, 0.25) is 0 Å². The highest BCUT2D eigenvalue weighted by Crippen LogP contribution is 2.18. The number of hydrogen-bond acceptors (Lipinski definition) is 4. The van der Waals surface area contributed by atoms with Crippen molar-refractivity contribution >= 4 is 17.6 Å². The van der Waals surface area contributed by atoms with Crippen molar-refractivity contribution in [1.29, 1.82) is 0 Å². The molecule has 30 heavy (non-hydrogen) atoms. The fraction of sp³-hybridized carbons (Fsp3) is 0.381. The van der Waals surface area contributed by atoms with Crippen LogP contribution in [-0.2, 0) is 16.1 Å². The maximum absolute atomic E-state index is 12.5. The minimum atomic E-state index is -4.37. The normalized spacial score (nSPS) is 12.5. The lowest BCUT2D eigenvalue weighted by atomic mass is 10.1. The molecule has 0 fully saturated rings. The first kappa shape index (κ1) is 23.3. The van der Waals surface area contributed by atoms with Crippen LogP contribution in [0.15, 0.2) is 42.6 Å². The summed E-state index contributed by atoms with van der Waals surface area (Å²) in [6.45, 7) is 3.82. The van der Waals surface area contributed by atoms with E-state index >= 15 is 0 Å². The van der Waals surface area contributed by atoms with E-state index in [1.165, 1.54) is 12.1 Å². The number of rotatable bonds is 8. The lowest BCUT2D eigenvalue weighted by Gasteiger charge is -2.16. The van der Waals surface area contributed by atoms with Crippen LogP contribution in [0.3, 0.4) is 0 Å². The Morgan fingerprint density at radius 1 is 1.10 bits per heavy atom. The lowest BCUT2D eigenvalue weighted by Crippen LogP contribution is -2.27. The van der Waals surface area contributed by atoms with Gasteiger partial charge < -0.3 is 15.4 Å². The minimum Gasteiger partial charge on any atom is -0.367 e. The number of alkyl halides is 3. The van der Waals surface area contributed by atoms with Gasteiger partial charge >= 0.3 is 6.18 Å². The van der Waals surface area contributed by atoms with Crippen molar-refractivity contribution in [3.63, 3.8) is 0 Å². The number of halogens is 3. The molecule has 0 radical (unpaired) electrons. The zero-order valence-corrected chi connectivity index (χ0v) is 16.9. The van der Waals surface area contributed by atoms with Crippen LogP contribution in [0.1, 0.15) is 48.3 Å². The number of nitrogens with one attached hydrogen (secondary N) is 2. The Kier molecular flexibility index (Phi) is 7.93. The summed E-state index contributed by atoms with van der Waals surface area (Å²) in [5.41, 5.74) is 1.65. The summed E-state index contributed by atoms with van der Waals surface area (Å²) in [4.78, 5) is 28.4. The molecule has 0 saturated heterocycles. The highest BCUT2D eigenvalue weighted by molar-refractivity contribution is 5.94. The van der Waals surface area contributed by atoms with Crippen LogP contribution in [0.4, 0.5) is 19.0 Å². The lowest BCUT2D eigenvalue weighted by molar-refractivity contribution is -0.176. The predicted octanol–water partition coefficient (Wildman–Crippen LogP) is 4.25. The average molecular weight is 423 g/mol. The van der Waals surface area contributed by atoms with Crippen LogP contribution in [0, 0.1) is 5.92 Å². The maximum atomic E-state index is 12.5. The second kappa shape index (κ2) is 10.2. The number of nitrogens with zero attached hydrogens (tertiary/aromatic N) is 1. The molecule has 0 aliphatic carbocycles. The SMILES string of the molecule is CC(C)C(=O)Nc1cc(C(C)NC(=O)c2ccc(COCC(F)(F)F)cc2)ccn1. The summed E-state index contributed by atoms with van der Waals surface area (Å²) in [6, 6.07) is 9.20. The first-order valence-electron chi connectivity index (χ1n) is 9.36. The maximum Gasteiger partial charge on any atom is 0.411 e. The molecule has 0 aliphatic heterocycles. The third kappa shape index (κ3) is 7.47. The number of ether oxygens (including phenoxy) is 1. The van der Waals surface area contributed by atoms with Crippen LogP contribution in [0.25, 0.3) is 0 Å². The molecule has 0 saturated carbocycles. The van der Waals surface area contributed by atoms with Crippen LogP contribution in [0.5, 0.6) is 0 Å². The molecular weight excluding hydrogens is 399 g/mol. The molecule has 0 bridgehead atoms. The molecule has 1 heterocycles. The van der Waals surface area contributed by atoms with E-state index in [0.717, 1.165) is 5.56 Å². The Bertz CT molecular complexity index is 868. The molecule has 1 unspecified atom stereocenters. The topological polar surface area (TPSA) is 80.3 Å². The number of carbonyl (C=O) groups is 2. The molecule has 0 spiro atoms. The third-order valence-corrected chi connectivity index (χ3v) is 4.16. The highest BCUT2D eigenvalue weighted by Gasteiger charge is 2.27. The molecule has 2 amide bonds. The van der Waals surface area contributed by atoms with Crippen LogP contribution < -0.4 is 10.6 Å². The molecule has 2 rings (SSSR count). The smallest absolute Gasteiger partial charge is 0.367 e. The molecule has 6 nitrogen and oxygen atoms in total. The molecule has 2 aromatic rings. The molecule has 9 heteroatoms. The van der Waals surface area contributed by atoms with Crippen molar-refractivity contribution in [1.82, 2.24) is 10.3 Å². The van der Waals surface area contributed by atoms with E-state index in [1.807, 2.05) is 0 Å². The molecule has 1 aromatic heterocycles. The molecule has 162 valence electrons. The van der Waals surface area contributed by atoms with Gasteiger partial charge in [-0.25, -0.2) is 4.98 Å². The molecule has 1 aromatic carbocycles. The van der Waals surface area contributed by atoms with E-state index in [2.05, 4.69) is 20.4 Å². The Morgan fingerprint density at radius 3 is 2.37 bits per heavy atom. The van der Waals surface area contributed by atoms with Gasteiger partial charge in [0.25, 0.3) is 5.91 Å². The Labute approximate surface area is 172 Å². The van der Waals surface area contributed by atoms with Crippen molar-refractivity contribution in [3.05, 3.63) is 59.3 Å². The zero-order valence-electron chi connectivity index (χ0n) is 16.9. The highest BCUT2D eigenvalue weighted by atomic mass is 19.4. The van der Waals surface area contributed by atoms with Gasteiger partial charge in [0.1, 0.15) is 12.4 Å². The fourth-order valence-corrected chi connectivity index (χ4v) is 2.46. The monoisotopic (exact) mass is 423 g/mol.